The Morgan fingerprint density at radius 1 is 1.29 bits per heavy atom. The number of aromatic nitrogens is 2. The van der Waals surface area contributed by atoms with Crippen LogP contribution in [0.15, 0.2) is 22.6 Å². The Kier molecular flexibility index (Phi) is 4.73. The second-order valence-electron chi connectivity index (χ2n) is 5.01. The van der Waals surface area contributed by atoms with Crippen molar-refractivity contribution in [2.24, 2.45) is 0 Å². The van der Waals surface area contributed by atoms with Crippen LogP contribution in [-0.2, 0) is 6.42 Å². The molecular formula is C16H21N3O2. The zero-order valence-corrected chi connectivity index (χ0v) is 12.9. The molecular weight excluding hydrogens is 266 g/mol. The largest absolute Gasteiger partial charge is 0.435 e. The average molecular weight is 287 g/mol. The van der Waals surface area contributed by atoms with Gasteiger partial charge in [-0.15, -0.1) is 0 Å². The van der Waals surface area contributed by atoms with Gasteiger partial charge in [0.15, 0.2) is 5.89 Å². The fourth-order valence-electron chi connectivity index (χ4n) is 2.18. The molecule has 2 heterocycles. The molecule has 0 aliphatic rings. The van der Waals surface area contributed by atoms with Gasteiger partial charge >= 0.3 is 0 Å². The van der Waals surface area contributed by atoms with Gasteiger partial charge in [0, 0.05) is 12.1 Å². The van der Waals surface area contributed by atoms with E-state index < -0.39 is 0 Å². The van der Waals surface area contributed by atoms with E-state index in [1.54, 1.807) is 6.92 Å². The summed E-state index contributed by atoms with van der Waals surface area (Å²) in [6.45, 7) is 7.67. The molecule has 5 nitrogen and oxygen atoms in total. The second kappa shape index (κ2) is 6.52. The van der Waals surface area contributed by atoms with E-state index in [4.69, 9.17) is 4.42 Å². The molecule has 0 fully saturated rings. The quantitative estimate of drug-likeness (QED) is 0.917. The Morgan fingerprint density at radius 2 is 2.05 bits per heavy atom. The number of nitrogens with one attached hydrogen (secondary N) is 1. The van der Waals surface area contributed by atoms with Crippen LogP contribution < -0.4 is 5.32 Å². The van der Waals surface area contributed by atoms with E-state index in [9.17, 15) is 4.79 Å². The van der Waals surface area contributed by atoms with Gasteiger partial charge in [0.05, 0.1) is 17.4 Å². The van der Waals surface area contributed by atoms with E-state index in [0.29, 0.717) is 18.0 Å². The molecule has 2 rings (SSSR count). The zero-order chi connectivity index (χ0) is 15.4. The van der Waals surface area contributed by atoms with Crippen LogP contribution in [0.5, 0.6) is 0 Å². The van der Waals surface area contributed by atoms with Crippen molar-refractivity contribution >= 4 is 5.91 Å². The minimum atomic E-state index is -0.241. The van der Waals surface area contributed by atoms with Gasteiger partial charge in [-0.05, 0) is 32.4 Å². The number of nitrogens with zero attached hydrogens (tertiary/aromatic N) is 2. The van der Waals surface area contributed by atoms with Crippen molar-refractivity contribution < 1.29 is 9.21 Å². The molecule has 1 atom stereocenters. The molecule has 0 bridgehead atoms. The standard InChI is InChI=1S/C16H21N3O2/c1-5-12(13-9-7-8-10(3)17-13)19-16(20)15-11(4)18-14(6-2)21-15/h7-9,12H,5-6H2,1-4H3,(H,19,20)/t12-/m1/s1. The Bertz CT molecular complexity index is 634. The summed E-state index contributed by atoms with van der Waals surface area (Å²) >= 11 is 0. The van der Waals surface area contributed by atoms with Crippen LogP contribution in [-0.4, -0.2) is 15.9 Å². The van der Waals surface area contributed by atoms with Crippen molar-refractivity contribution in [1.29, 1.82) is 0 Å². The second-order valence-corrected chi connectivity index (χ2v) is 5.01. The molecule has 0 spiro atoms. The molecule has 0 unspecified atom stereocenters. The molecule has 1 amide bonds. The topological polar surface area (TPSA) is 68.0 Å². The predicted molar refractivity (Wildman–Crippen MR) is 80.1 cm³/mol. The van der Waals surface area contributed by atoms with E-state index in [1.165, 1.54) is 0 Å². The monoisotopic (exact) mass is 287 g/mol. The van der Waals surface area contributed by atoms with Crippen molar-refractivity contribution in [2.75, 3.05) is 0 Å². The first-order valence-electron chi connectivity index (χ1n) is 7.25. The van der Waals surface area contributed by atoms with Gasteiger partial charge in [-0.3, -0.25) is 9.78 Å². The number of carbonyl (C=O) groups is 1. The van der Waals surface area contributed by atoms with Gasteiger partial charge in [0.2, 0.25) is 5.76 Å². The molecule has 0 saturated carbocycles. The van der Waals surface area contributed by atoms with Gasteiger partial charge in [-0.1, -0.05) is 19.9 Å². The van der Waals surface area contributed by atoms with Crippen LogP contribution in [0.3, 0.4) is 0 Å². The van der Waals surface area contributed by atoms with Crippen LogP contribution >= 0.6 is 0 Å². The number of hydrogen-bond donors (Lipinski definition) is 1. The highest BCUT2D eigenvalue weighted by molar-refractivity contribution is 5.92. The predicted octanol–water partition coefficient (Wildman–Crippen LogP) is 3.13. The van der Waals surface area contributed by atoms with Crippen LogP contribution in [0.25, 0.3) is 0 Å². The van der Waals surface area contributed by atoms with Gasteiger partial charge in [-0.25, -0.2) is 4.98 Å². The minimum absolute atomic E-state index is 0.132. The lowest BCUT2D eigenvalue weighted by atomic mass is 10.1. The van der Waals surface area contributed by atoms with Crippen LogP contribution in [0.4, 0.5) is 0 Å². The Labute approximate surface area is 124 Å². The summed E-state index contributed by atoms with van der Waals surface area (Å²) in [6, 6.07) is 5.67. The summed E-state index contributed by atoms with van der Waals surface area (Å²) in [7, 11) is 0. The molecule has 5 heteroatoms. The van der Waals surface area contributed by atoms with E-state index >= 15 is 0 Å². The van der Waals surface area contributed by atoms with Crippen molar-refractivity contribution in [3.8, 4) is 0 Å². The fourth-order valence-corrected chi connectivity index (χ4v) is 2.18. The molecule has 0 aliphatic carbocycles. The van der Waals surface area contributed by atoms with Crippen LogP contribution in [0.2, 0.25) is 0 Å². The summed E-state index contributed by atoms with van der Waals surface area (Å²) in [6.07, 6.45) is 1.43. The van der Waals surface area contributed by atoms with Gasteiger partial charge in [0.1, 0.15) is 0 Å². The number of oxazole rings is 1. The smallest absolute Gasteiger partial charge is 0.289 e. The molecule has 2 aromatic rings. The summed E-state index contributed by atoms with van der Waals surface area (Å²) in [4.78, 5) is 21.1. The molecule has 2 aromatic heterocycles. The highest BCUT2D eigenvalue weighted by Gasteiger charge is 2.21. The summed E-state index contributed by atoms with van der Waals surface area (Å²) in [5.74, 6) is 0.632. The first-order valence-corrected chi connectivity index (χ1v) is 7.25. The lowest BCUT2D eigenvalue weighted by Crippen LogP contribution is -2.29. The molecule has 112 valence electrons. The molecule has 0 saturated heterocycles. The molecule has 0 aromatic carbocycles. The maximum Gasteiger partial charge on any atom is 0.289 e. The van der Waals surface area contributed by atoms with Crippen molar-refractivity contribution in [3.05, 3.63) is 46.9 Å². The Hall–Kier alpha value is -2.17. The first kappa shape index (κ1) is 15.2. The molecule has 21 heavy (non-hydrogen) atoms. The number of pyridine rings is 1. The van der Waals surface area contributed by atoms with Crippen LogP contribution in [0.1, 0.15) is 59.8 Å². The molecule has 0 aliphatic heterocycles. The summed E-state index contributed by atoms with van der Waals surface area (Å²) in [5.41, 5.74) is 2.42. The highest BCUT2D eigenvalue weighted by atomic mass is 16.4. The summed E-state index contributed by atoms with van der Waals surface area (Å²) < 4.78 is 5.49. The zero-order valence-electron chi connectivity index (χ0n) is 12.9. The number of hydrogen-bond acceptors (Lipinski definition) is 4. The van der Waals surface area contributed by atoms with Gasteiger partial charge in [-0.2, -0.15) is 0 Å². The van der Waals surface area contributed by atoms with E-state index in [-0.39, 0.29) is 17.7 Å². The third-order valence-corrected chi connectivity index (χ3v) is 3.33. The summed E-state index contributed by atoms with van der Waals surface area (Å²) in [5, 5.41) is 2.97. The maximum atomic E-state index is 12.3. The molecule has 1 N–H and O–H groups in total. The van der Waals surface area contributed by atoms with Gasteiger partial charge < -0.3 is 9.73 Å². The Balaban J connectivity index is 2.18. The van der Waals surface area contributed by atoms with Gasteiger partial charge in [0.25, 0.3) is 5.91 Å². The fraction of sp³-hybridized carbons (Fsp3) is 0.438. The van der Waals surface area contributed by atoms with E-state index in [2.05, 4.69) is 15.3 Å². The SMILES string of the molecule is CCc1nc(C)c(C(=O)N[C@H](CC)c2cccc(C)n2)o1. The lowest BCUT2D eigenvalue weighted by Gasteiger charge is -2.16. The third kappa shape index (κ3) is 3.48. The third-order valence-electron chi connectivity index (χ3n) is 3.33. The van der Waals surface area contributed by atoms with Crippen molar-refractivity contribution in [2.45, 2.75) is 46.6 Å². The normalized spacial score (nSPS) is 12.2. The van der Waals surface area contributed by atoms with E-state index in [1.807, 2.05) is 39.0 Å². The van der Waals surface area contributed by atoms with Crippen LogP contribution in [0, 0.1) is 13.8 Å². The highest BCUT2D eigenvalue weighted by Crippen LogP contribution is 2.17. The van der Waals surface area contributed by atoms with Crippen molar-refractivity contribution in [1.82, 2.24) is 15.3 Å². The van der Waals surface area contributed by atoms with Crippen molar-refractivity contribution in [3.63, 3.8) is 0 Å². The van der Waals surface area contributed by atoms with E-state index in [0.717, 1.165) is 17.8 Å². The number of carbonyl (C=O) groups excluding carboxylic acids is 1. The number of rotatable bonds is 5. The number of aryl methyl sites for hydroxylation is 3. The first-order chi connectivity index (χ1) is 10.0. The molecule has 0 radical (unpaired) electrons. The lowest BCUT2D eigenvalue weighted by molar-refractivity contribution is 0.0904. The number of amides is 1. The minimum Gasteiger partial charge on any atom is -0.435 e. The Morgan fingerprint density at radius 3 is 2.62 bits per heavy atom. The maximum absolute atomic E-state index is 12.3. The average Bonchev–Trinajstić information content (AvgIpc) is 2.85.